The molecular formula is H2MgMnNiTi. The van der Waals surface area contributed by atoms with Crippen molar-refractivity contribution in [2.45, 2.75) is 0 Å². The molecule has 0 heterocycles. The van der Waals surface area contributed by atoms with Crippen LogP contribution in [0.25, 0.3) is 0 Å². The van der Waals surface area contributed by atoms with Crippen LogP contribution in [0.1, 0.15) is 0 Å². The van der Waals surface area contributed by atoms with Gasteiger partial charge in [0.15, 0.2) is 0 Å². The molecule has 0 fully saturated rings. The molecule has 0 saturated heterocycles. The molecule has 25 valence electrons. The summed E-state index contributed by atoms with van der Waals surface area (Å²) in [7, 11) is 0. The third-order valence-electron chi connectivity index (χ3n) is 0. The second-order valence-corrected chi connectivity index (χ2v) is 0. The topological polar surface area (TPSA) is 0 Å². The third-order valence-corrected chi connectivity index (χ3v) is 0. The fourth-order valence-electron chi connectivity index (χ4n) is 0. The molecule has 0 saturated carbocycles. The maximum absolute atomic E-state index is 0. The van der Waals surface area contributed by atoms with Gasteiger partial charge in [-0.2, -0.15) is 0 Å². The first-order chi connectivity index (χ1) is 0. The minimum Gasteiger partial charge on any atom is 0 e. The molecule has 0 rings (SSSR count). The Hall–Kier alpha value is 2.49. The van der Waals surface area contributed by atoms with E-state index >= 15 is 0 Å². The van der Waals surface area contributed by atoms with Gasteiger partial charge in [-0.15, -0.1) is 0 Å². The van der Waals surface area contributed by atoms with Gasteiger partial charge in [-0.3, -0.25) is 0 Å². The number of hydrogen-bond donors (Lipinski definition) is 0. The maximum atomic E-state index is 0. The molecule has 0 aromatic rings. The molecule has 0 aliphatic carbocycles. The monoisotopic (exact) mass is 187 g/mol. The van der Waals surface area contributed by atoms with Gasteiger partial charge in [0.2, 0.25) is 0 Å². The molecule has 0 amide bonds. The molecule has 0 aromatic heterocycles. The molecule has 0 bridgehead atoms. The zero-order chi connectivity index (χ0) is 0. The van der Waals surface area contributed by atoms with Gasteiger partial charge in [0.25, 0.3) is 0 Å². The van der Waals surface area contributed by atoms with E-state index in [1.165, 1.54) is 0 Å². The van der Waals surface area contributed by atoms with E-state index < -0.39 is 0 Å². The standard InChI is InChI=1S/Mg.Mn.Ni.Ti.2H. The summed E-state index contributed by atoms with van der Waals surface area (Å²) in [6.07, 6.45) is 0. The van der Waals surface area contributed by atoms with Gasteiger partial charge in [-0.25, -0.2) is 0 Å². The molecule has 0 aromatic carbocycles. The Morgan fingerprint density at radius 1 is 1.00 bits per heavy atom. The second kappa shape index (κ2) is 17.8. The predicted molar refractivity (Wildman–Crippen MR) is 8.54 cm³/mol. The van der Waals surface area contributed by atoms with Crippen molar-refractivity contribution < 1.29 is 55.3 Å². The summed E-state index contributed by atoms with van der Waals surface area (Å²) in [4.78, 5) is 0. The number of rotatable bonds is 0. The van der Waals surface area contributed by atoms with Crippen LogP contribution >= 0.6 is 0 Å². The number of hydrogen-bond acceptors (Lipinski definition) is 0. The van der Waals surface area contributed by atoms with Crippen molar-refractivity contribution in [1.29, 1.82) is 0 Å². The maximum Gasteiger partial charge on any atom is 0.316 e. The van der Waals surface area contributed by atoms with Crippen LogP contribution in [-0.2, 0) is 55.3 Å². The van der Waals surface area contributed by atoms with Gasteiger partial charge in [-0.1, -0.05) is 0 Å². The molecule has 0 nitrogen and oxygen atoms in total. The van der Waals surface area contributed by atoms with Crippen molar-refractivity contribution in [1.82, 2.24) is 0 Å². The summed E-state index contributed by atoms with van der Waals surface area (Å²) in [5.41, 5.74) is 0. The Morgan fingerprint density at radius 3 is 1.00 bits per heavy atom. The van der Waals surface area contributed by atoms with Gasteiger partial charge in [0.1, 0.15) is 0 Å². The van der Waals surface area contributed by atoms with Crippen molar-refractivity contribution in [3.63, 3.8) is 0 Å². The SMILES string of the molecule is [MgH2].[Mn].[Ni].[Ti]. The molecule has 1 radical (unpaired) electrons. The summed E-state index contributed by atoms with van der Waals surface area (Å²) >= 11 is 0. The van der Waals surface area contributed by atoms with Crippen molar-refractivity contribution >= 4 is 23.1 Å². The Morgan fingerprint density at radius 2 is 1.00 bits per heavy atom. The van der Waals surface area contributed by atoms with E-state index in [1.54, 1.807) is 0 Å². The van der Waals surface area contributed by atoms with E-state index in [4.69, 9.17) is 0 Å². The van der Waals surface area contributed by atoms with Crippen LogP contribution in [0.2, 0.25) is 0 Å². The summed E-state index contributed by atoms with van der Waals surface area (Å²) in [6.45, 7) is 0. The Bertz CT molecular complexity index is 8.00. The largest absolute Gasteiger partial charge is 0.316 e. The van der Waals surface area contributed by atoms with E-state index in [9.17, 15) is 0 Å². The first-order valence-electron chi connectivity index (χ1n) is 0. The molecule has 0 aliphatic rings. The third kappa shape index (κ3) is 8.82. The van der Waals surface area contributed by atoms with Gasteiger partial charge >= 0.3 is 23.1 Å². The molecule has 0 atom stereocenters. The Kier molecular flexibility index (Phi) is 141. The normalized spacial score (nSPS) is 0. The molecule has 0 aliphatic heterocycles. The van der Waals surface area contributed by atoms with Crippen LogP contribution in [0.15, 0.2) is 0 Å². The summed E-state index contributed by atoms with van der Waals surface area (Å²) in [5, 5.41) is 0. The predicted octanol–water partition coefficient (Wildman–Crippen LogP) is -0.924. The minimum atomic E-state index is 0. The van der Waals surface area contributed by atoms with Crippen LogP contribution in [0, 0.1) is 0 Å². The molecular weight excluding hydrogens is 186 g/mol. The summed E-state index contributed by atoms with van der Waals surface area (Å²) in [6, 6.07) is 0. The zero-order valence-corrected chi connectivity index (χ0v) is 4.92. The fourth-order valence-corrected chi connectivity index (χ4v) is 0. The van der Waals surface area contributed by atoms with Crippen molar-refractivity contribution in [2.24, 2.45) is 0 Å². The molecule has 0 spiro atoms. The molecule has 4 heavy (non-hydrogen) atoms. The van der Waals surface area contributed by atoms with Crippen LogP contribution in [0.4, 0.5) is 0 Å². The van der Waals surface area contributed by atoms with Crippen molar-refractivity contribution in [3.8, 4) is 0 Å². The summed E-state index contributed by atoms with van der Waals surface area (Å²) in [5.74, 6) is 0. The van der Waals surface area contributed by atoms with E-state index in [-0.39, 0.29) is 78.3 Å². The molecule has 0 unspecified atom stereocenters. The molecule has 0 N–H and O–H groups in total. The van der Waals surface area contributed by atoms with Crippen LogP contribution in [0.3, 0.4) is 0 Å². The quantitative estimate of drug-likeness (QED) is 0.431. The van der Waals surface area contributed by atoms with Crippen LogP contribution < -0.4 is 0 Å². The fraction of sp³-hybridized carbons (Fsp3) is 0. The van der Waals surface area contributed by atoms with Crippen LogP contribution in [-0.4, -0.2) is 23.1 Å². The Labute approximate surface area is 77.3 Å². The summed E-state index contributed by atoms with van der Waals surface area (Å²) < 4.78 is 0. The van der Waals surface area contributed by atoms with Crippen LogP contribution in [0.5, 0.6) is 0 Å². The van der Waals surface area contributed by atoms with Crippen molar-refractivity contribution in [3.05, 3.63) is 0 Å². The van der Waals surface area contributed by atoms with Gasteiger partial charge < -0.3 is 0 Å². The van der Waals surface area contributed by atoms with Gasteiger partial charge in [-0.05, 0) is 0 Å². The van der Waals surface area contributed by atoms with E-state index in [1.807, 2.05) is 0 Å². The first kappa shape index (κ1) is 31.5. The first-order valence-corrected chi connectivity index (χ1v) is 0. The van der Waals surface area contributed by atoms with E-state index in [2.05, 4.69) is 0 Å². The van der Waals surface area contributed by atoms with Gasteiger partial charge in [0.05, 0.1) is 0 Å². The molecule has 4 heteroatoms. The smallest absolute Gasteiger partial charge is 0 e. The Balaban J connectivity index is 0. The van der Waals surface area contributed by atoms with E-state index in [0.717, 1.165) is 0 Å². The van der Waals surface area contributed by atoms with Crippen molar-refractivity contribution in [2.75, 3.05) is 0 Å². The average Bonchev–Trinajstić information content (AvgIpc) is 0. The zero-order valence-electron chi connectivity index (χ0n) is 1.19. The van der Waals surface area contributed by atoms with E-state index in [0.29, 0.717) is 0 Å². The second-order valence-electron chi connectivity index (χ2n) is 0. The average molecular weight is 188 g/mol. The van der Waals surface area contributed by atoms with Gasteiger partial charge in [0, 0.05) is 55.3 Å². The minimum absolute atomic E-state index is 0.